The highest BCUT2D eigenvalue weighted by molar-refractivity contribution is 6.31. The number of methoxy groups -OCH3 is 1. The monoisotopic (exact) mass is 272 g/mol. The third-order valence-corrected chi connectivity index (χ3v) is 2.39. The van der Waals surface area contributed by atoms with Crippen LogP contribution in [-0.4, -0.2) is 39.5 Å². The topological polar surface area (TPSA) is 44.8 Å². The van der Waals surface area contributed by atoms with Gasteiger partial charge >= 0.3 is 5.97 Å². The van der Waals surface area contributed by atoms with Crippen LogP contribution in [0.2, 0.25) is 5.02 Å². The Bertz CT molecular complexity index is 372. The average Bonchev–Trinajstić information content (AvgIpc) is 2.32. The quantitative estimate of drug-likeness (QED) is 0.565. The van der Waals surface area contributed by atoms with Crippen LogP contribution >= 0.6 is 11.6 Å². The van der Waals surface area contributed by atoms with Crippen LogP contribution in [0.1, 0.15) is 15.9 Å². The van der Waals surface area contributed by atoms with Gasteiger partial charge in [0.1, 0.15) is 6.61 Å². The largest absolute Gasteiger partial charge is 0.460 e. The maximum absolute atomic E-state index is 11.7. The molecule has 100 valence electrons. The molecule has 5 heteroatoms. The van der Waals surface area contributed by atoms with Gasteiger partial charge in [-0.25, -0.2) is 4.79 Å². The summed E-state index contributed by atoms with van der Waals surface area (Å²) in [5.74, 6) is -0.393. The van der Waals surface area contributed by atoms with E-state index in [-0.39, 0.29) is 6.61 Å². The van der Waals surface area contributed by atoms with Crippen molar-refractivity contribution in [3.63, 3.8) is 0 Å². The zero-order valence-corrected chi connectivity index (χ0v) is 11.3. The van der Waals surface area contributed by atoms with E-state index >= 15 is 0 Å². The van der Waals surface area contributed by atoms with E-state index in [0.717, 1.165) is 5.56 Å². The van der Waals surface area contributed by atoms with Crippen LogP contribution in [-0.2, 0) is 14.2 Å². The number of benzene rings is 1. The van der Waals surface area contributed by atoms with Gasteiger partial charge in [-0.15, -0.1) is 0 Å². The Balaban J connectivity index is 2.32. The SMILES string of the molecule is COCCOCCOC(=O)c1cc(C)cc(Cl)c1. The molecule has 18 heavy (non-hydrogen) atoms. The molecule has 0 N–H and O–H groups in total. The molecule has 4 nitrogen and oxygen atoms in total. The molecular weight excluding hydrogens is 256 g/mol. The lowest BCUT2D eigenvalue weighted by Crippen LogP contribution is -2.12. The van der Waals surface area contributed by atoms with Crippen molar-refractivity contribution >= 4 is 17.6 Å². The Morgan fingerprint density at radius 3 is 2.56 bits per heavy atom. The predicted octanol–water partition coefficient (Wildman–Crippen LogP) is 2.47. The fourth-order valence-corrected chi connectivity index (χ4v) is 1.66. The first kappa shape index (κ1) is 15.0. The molecule has 0 spiro atoms. The minimum absolute atomic E-state index is 0.216. The number of hydrogen-bond donors (Lipinski definition) is 0. The van der Waals surface area contributed by atoms with Crippen molar-refractivity contribution in [2.45, 2.75) is 6.92 Å². The summed E-state index contributed by atoms with van der Waals surface area (Å²) in [6, 6.07) is 5.11. The number of carbonyl (C=O) groups excluding carboxylic acids is 1. The molecule has 0 amide bonds. The number of ether oxygens (including phenoxy) is 3. The van der Waals surface area contributed by atoms with Gasteiger partial charge in [-0.2, -0.15) is 0 Å². The van der Waals surface area contributed by atoms with Crippen molar-refractivity contribution in [1.29, 1.82) is 0 Å². The van der Waals surface area contributed by atoms with E-state index in [1.807, 2.05) is 6.92 Å². The van der Waals surface area contributed by atoms with Gasteiger partial charge in [0.25, 0.3) is 0 Å². The number of esters is 1. The van der Waals surface area contributed by atoms with Crippen LogP contribution in [0.4, 0.5) is 0 Å². The van der Waals surface area contributed by atoms with Crippen molar-refractivity contribution in [2.24, 2.45) is 0 Å². The van der Waals surface area contributed by atoms with Crippen LogP contribution in [0.5, 0.6) is 0 Å². The Morgan fingerprint density at radius 2 is 1.89 bits per heavy atom. The molecule has 0 atom stereocenters. The molecule has 1 rings (SSSR count). The van der Waals surface area contributed by atoms with Crippen LogP contribution in [0.25, 0.3) is 0 Å². The van der Waals surface area contributed by atoms with E-state index in [9.17, 15) is 4.79 Å². The summed E-state index contributed by atoms with van der Waals surface area (Å²) in [6.07, 6.45) is 0. The zero-order valence-electron chi connectivity index (χ0n) is 10.6. The molecule has 0 saturated heterocycles. The third-order valence-electron chi connectivity index (χ3n) is 2.17. The van der Waals surface area contributed by atoms with Gasteiger partial charge in [-0.3, -0.25) is 0 Å². The van der Waals surface area contributed by atoms with Crippen LogP contribution in [0, 0.1) is 6.92 Å². The molecule has 0 saturated carbocycles. The molecule has 0 aliphatic carbocycles. The third kappa shape index (κ3) is 5.49. The molecule has 0 aromatic heterocycles. The van der Waals surface area contributed by atoms with Gasteiger partial charge in [0.2, 0.25) is 0 Å². The highest BCUT2D eigenvalue weighted by Crippen LogP contribution is 2.15. The summed E-state index contributed by atoms with van der Waals surface area (Å²) in [6.45, 7) is 3.46. The second-order valence-electron chi connectivity index (χ2n) is 3.76. The van der Waals surface area contributed by atoms with Crippen molar-refractivity contribution < 1.29 is 19.0 Å². The minimum atomic E-state index is -0.393. The number of halogens is 1. The summed E-state index contributed by atoms with van der Waals surface area (Å²) in [4.78, 5) is 11.7. The van der Waals surface area contributed by atoms with Crippen molar-refractivity contribution in [1.82, 2.24) is 0 Å². The maximum Gasteiger partial charge on any atom is 0.338 e. The normalized spacial score (nSPS) is 10.4. The maximum atomic E-state index is 11.7. The average molecular weight is 273 g/mol. The molecule has 1 aromatic carbocycles. The van der Waals surface area contributed by atoms with Gasteiger partial charge in [-0.1, -0.05) is 11.6 Å². The van der Waals surface area contributed by atoms with Gasteiger partial charge < -0.3 is 14.2 Å². The highest BCUT2D eigenvalue weighted by atomic mass is 35.5. The molecule has 0 fully saturated rings. The van der Waals surface area contributed by atoms with Gasteiger partial charge in [0, 0.05) is 12.1 Å². The van der Waals surface area contributed by atoms with Gasteiger partial charge in [0.05, 0.1) is 25.4 Å². The number of aryl methyl sites for hydroxylation is 1. The van der Waals surface area contributed by atoms with E-state index < -0.39 is 5.97 Å². The van der Waals surface area contributed by atoms with Crippen molar-refractivity contribution in [3.05, 3.63) is 34.3 Å². The summed E-state index contributed by atoms with van der Waals surface area (Å²) < 4.78 is 15.1. The summed E-state index contributed by atoms with van der Waals surface area (Å²) in [5, 5.41) is 0.526. The van der Waals surface area contributed by atoms with E-state index in [0.29, 0.717) is 30.4 Å². The molecule has 0 aliphatic heterocycles. The van der Waals surface area contributed by atoms with Gasteiger partial charge in [0.15, 0.2) is 0 Å². The first-order valence-corrected chi connectivity index (χ1v) is 6.02. The molecule has 0 heterocycles. The molecule has 0 aliphatic rings. The Kier molecular flexibility index (Phi) is 6.72. The predicted molar refractivity (Wildman–Crippen MR) is 69.2 cm³/mol. The molecule has 0 unspecified atom stereocenters. The van der Waals surface area contributed by atoms with Crippen LogP contribution in [0.3, 0.4) is 0 Å². The van der Waals surface area contributed by atoms with Crippen LogP contribution < -0.4 is 0 Å². The number of hydrogen-bond acceptors (Lipinski definition) is 4. The fourth-order valence-electron chi connectivity index (χ4n) is 1.38. The molecule has 0 bridgehead atoms. The van der Waals surface area contributed by atoms with Crippen LogP contribution in [0.15, 0.2) is 18.2 Å². The highest BCUT2D eigenvalue weighted by Gasteiger charge is 2.08. The Hall–Kier alpha value is -1.10. The number of rotatable bonds is 7. The van der Waals surface area contributed by atoms with Crippen molar-refractivity contribution in [3.8, 4) is 0 Å². The van der Waals surface area contributed by atoms with E-state index in [2.05, 4.69) is 0 Å². The lowest BCUT2D eigenvalue weighted by molar-refractivity contribution is 0.0213. The molecular formula is C13H17ClO4. The first-order valence-electron chi connectivity index (χ1n) is 5.64. The Morgan fingerprint density at radius 1 is 1.17 bits per heavy atom. The van der Waals surface area contributed by atoms with E-state index in [4.69, 9.17) is 25.8 Å². The summed E-state index contributed by atoms with van der Waals surface area (Å²) in [5.41, 5.74) is 1.38. The summed E-state index contributed by atoms with van der Waals surface area (Å²) >= 11 is 5.87. The van der Waals surface area contributed by atoms with E-state index in [1.165, 1.54) is 0 Å². The smallest absolute Gasteiger partial charge is 0.338 e. The summed E-state index contributed by atoms with van der Waals surface area (Å²) in [7, 11) is 1.60. The molecule has 0 radical (unpaired) electrons. The number of carbonyl (C=O) groups is 1. The second-order valence-corrected chi connectivity index (χ2v) is 4.19. The minimum Gasteiger partial charge on any atom is -0.460 e. The van der Waals surface area contributed by atoms with Crippen molar-refractivity contribution in [2.75, 3.05) is 33.5 Å². The fraction of sp³-hybridized carbons (Fsp3) is 0.462. The Labute approximate surface area is 112 Å². The lowest BCUT2D eigenvalue weighted by atomic mass is 10.1. The van der Waals surface area contributed by atoms with Gasteiger partial charge in [-0.05, 0) is 30.7 Å². The zero-order chi connectivity index (χ0) is 13.4. The lowest BCUT2D eigenvalue weighted by Gasteiger charge is -2.06. The standard InChI is InChI=1S/C13H17ClO4/c1-10-7-11(9-12(14)8-10)13(15)18-6-5-17-4-3-16-2/h7-9H,3-6H2,1-2H3. The second kappa shape index (κ2) is 8.08. The molecule has 1 aromatic rings. The first-order chi connectivity index (χ1) is 8.63. The van der Waals surface area contributed by atoms with E-state index in [1.54, 1.807) is 25.3 Å².